The Balaban J connectivity index is 2.51. The van der Waals surface area contributed by atoms with E-state index in [1.807, 2.05) is 0 Å². The lowest BCUT2D eigenvalue weighted by Crippen LogP contribution is -2.00. The highest BCUT2D eigenvalue weighted by atomic mass is 15.0. The van der Waals surface area contributed by atoms with Crippen LogP contribution in [-0.2, 0) is 0 Å². The molecule has 0 aliphatic rings. The van der Waals surface area contributed by atoms with Gasteiger partial charge in [0.15, 0.2) is 5.65 Å². The number of imidazole rings is 1. The fraction of sp³-hybridized carbons (Fsp3) is 0.364. The van der Waals surface area contributed by atoms with E-state index in [4.69, 9.17) is 0 Å². The Morgan fingerprint density at radius 2 is 2.00 bits per heavy atom. The van der Waals surface area contributed by atoms with Gasteiger partial charge in [0.05, 0.1) is 6.33 Å². The highest BCUT2D eigenvalue weighted by Gasteiger charge is 2.06. The highest BCUT2D eigenvalue weighted by molar-refractivity contribution is 5.75. The van der Waals surface area contributed by atoms with Crippen LogP contribution in [0.2, 0.25) is 0 Å². The maximum absolute atomic E-state index is 4.13. The Morgan fingerprint density at radius 3 is 2.73 bits per heavy atom. The summed E-state index contributed by atoms with van der Waals surface area (Å²) >= 11 is 0. The summed E-state index contributed by atoms with van der Waals surface area (Å²) in [6.45, 7) is 6.18. The molecule has 0 bridgehead atoms. The first-order valence-electron chi connectivity index (χ1n) is 4.73. The molecule has 2 aromatic rings. The summed E-state index contributed by atoms with van der Waals surface area (Å²) < 4.78 is 0. The van der Waals surface area contributed by atoms with Gasteiger partial charge in [0.1, 0.15) is 17.5 Å². The third-order valence-electron chi connectivity index (χ3n) is 1.78. The predicted molar refractivity (Wildman–Crippen MR) is 58.0 cm³/mol. The molecule has 1 N–H and O–H groups in total. The molecule has 15 heavy (non-hydrogen) atoms. The van der Waals surface area contributed by atoms with Crippen molar-refractivity contribution in [3.63, 3.8) is 0 Å². The molecule has 4 nitrogen and oxygen atoms in total. The summed E-state index contributed by atoms with van der Waals surface area (Å²) in [5, 5.41) is 0. The maximum Gasteiger partial charge on any atom is 0.181 e. The van der Waals surface area contributed by atoms with Crippen molar-refractivity contribution in [3.05, 3.63) is 18.3 Å². The molecule has 0 spiro atoms. The van der Waals surface area contributed by atoms with E-state index >= 15 is 0 Å². The van der Waals surface area contributed by atoms with Crippen LogP contribution in [0.3, 0.4) is 0 Å². The zero-order valence-electron chi connectivity index (χ0n) is 9.00. The SMILES string of the molecule is CC(C)(C)C#Cc1ncnc2nc[nH]c12. The van der Waals surface area contributed by atoms with E-state index in [0.717, 1.165) is 5.52 Å². The van der Waals surface area contributed by atoms with E-state index in [1.54, 1.807) is 6.33 Å². The molecule has 0 aliphatic heterocycles. The van der Waals surface area contributed by atoms with E-state index in [0.29, 0.717) is 11.3 Å². The minimum Gasteiger partial charge on any atom is -0.341 e. The molecule has 0 amide bonds. The Morgan fingerprint density at radius 1 is 1.20 bits per heavy atom. The second-order valence-electron chi connectivity index (χ2n) is 4.32. The van der Waals surface area contributed by atoms with Crippen LogP contribution in [0.15, 0.2) is 12.7 Å². The zero-order chi connectivity index (χ0) is 10.9. The van der Waals surface area contributed by atoms with Gasteiger partial charge in [-0.05, 0) is 26.7 Å². The van der Waals surface area contributed by atoms with Gasteiger partial charge in [-0.1, -0.05) is 5.92 Å². The standard InChI is InChI=1S/C11H12N4/c1-11(2,3)5-4-8-9-10(14-6-12-8)15-7-13-9/h6-7H,1-3H3,(H,12,13,14,15). The van der Waals surface area contributed by atoms with E-state index in [2.05, 4.69) is 52.5 Å². The number of H-pyrrole nitrogens is 1. The molecule has 0 fully saturated rings. The Labute approximate surface area is 88.2 Å². The second kappa shape index (κ2) is 3.35. The normalized spacial score (nSPS) is 11.1. The van der Waals surface area contributed by atoms with E-state index in [-0.39, 0.29) is 5.41 Å². The first-order chi connectivity index (χ1) is 7.06. The average molecular weight is 200 g/mol. The summed E-state index contributed by atoms with van der Waals surface area (Å²) in [6, 6.07) is 0. The number of rotatable bonds is 0. The van der Waals surface area contributed by atoms with Crippen molar-refractivity contribution in [2.45, 2.75) is 20.8 Å². The van der Waals surface area contributed by atoms with Crippen LogP contribution in [0, 0.1) is 17.3 Å². The maximum atomic E-state index is 4.13. The summed E-state index contributed by atoms with van der Waals surface area (Å²) in [6.07, 6.45) is 3.08. The molecule has 76 valence electrons. The number of aromatic nitrogens is 4. The summed E-state index contributed by atoms with van der Waals surface area (Å²) in [7, 11) is 0. The van der Waals surface area contributed by atoms with Gasteiger partial charge in [-0.15, -0.1) is 0 Å². The lowest BCUT2D eigenvalue weighted by molar-refractivity contribution is 0.571. The van der Waals surface area contributed by atoms with Crippen LogP contribution in [0.1, 0.15) is 26.5 Å². The Hall–Kier alpha value is -1.89. The quantitative estimate of drug-likeness (QED) is 0.659. The molecule has 0 atom stereocenters. The van der Waals surface area contributed by atoms with Crippen LogP contribution in [0.25, 0.3) is 11.2 Å². The van der Waals surface area contributed by atoms with Crippen molar-refractivity contribution in [2.75, 3.05) is 0 Å². The van der Waals surface area contributed by atoms with Crippen molar-refractivity contribution in [3.8, 4) is 11.8 Å². The minimum absolute atomic E-state index is 0.0305. The second-order valence-corrected chi connectivity index (χ2v) is 4.32. The zero-order valence-corrected chi connectivity index (χ0v) is 9.00. The molecule has 2 heterocycles. The first-order valence-corrected chi connectivity index (χ1v) is 4.73. The van der Waals surface area contributed by atoms with Crippen LogP contribution < -0.4 is 0 Å². The fourth-order valence-electron chi connectivity index (χ4n) is 1.11. The monoisotopic (exact) mass is 200 g/mol. The van der Waals surface area contributed by atoms with E-state index in [9.17, 15) is 0 Å². The van der Waals surface area contributed by atoms with Gasteiger partial charge >= 0.3 is 0 Å². The Kier molecular flexibility index (Phi) is 2.16. The van der Waals surface area contributed by atoms with Crippen molar-refractivity contribution < 1.29 is 0 Å². The average Bonchev–Trinajstić information content (AvgIpc) is 2.61. The number of nitrogens with zero attached hydrogens (tertiary/aromatic N) is 3. The van der Waals surface area contributed by atoms with Gasteiger partial charge in [-0.3, -0.25) is 0 Å². The molecule has 0 aliphatic carbocycles. The molecular formula is C11H12N4. The summed E-state index contributed by atoms with van der Waals surface area (Å²) in [5.41, 5.74) is 2.13. The van der Waals surface area contributed by atoms with Gasteiger partial charge < -0.3 is 4.98 Å². The number of hydrogen-bond donors (Lipinski definition) is 1. The molecule has 0 radical (unpaired) electrons. The minimum atomic E-state index is -0.0305. The lowest BCUT2D eigenvalue weighted by Gasteiger charge is -2.06. The van der Waals surface area contributed by atoms with Gasteiger partial charge in [-0.25, -0.2) is 15.0 Å². The molecule has 0 saturated heterocycles. The van der Waals surface area contributed by atoms with Gasteiger partial charge in [0.2, 0.25) is 0 Å². The number of nitrogens with one attached hydrogen (secondary N) is 1. The lowest BCUT2D eigenvalue weighted by atomic mass is 9.98. The van der Waals surface area contributed by atoms with Crippen molar-refractivity contribution in [1.82, 2.24) is 19.9 Å². The molecular weight excluding hydrogens is 188 g/mol. The van der Waals surface area contributed by atoms with E-state index < -0.39 is 0 Å². The van der Waals surface area contributed by atoms with E-state index in [1.165, 1.54) is 6.33 Å². The largest absolute Gasteiger partial charge is 0.341 e. The molecule has 2 aromatic heterocycles. The Bertz CT molecular complexity index is 537. The fourth-order valence-corrected chi connectivity index (χ4v) is 1.11. The van der Waals surface area contributed by atoms with Crippen LogP contribution in [-0.4, -0.2) is 19.9 Å². The predicted octanol–water partition coefficient (Wildman–Crippen LogP) is 1.75. The molecule has 0 aromatic carbocycles. The van der Waals surface area contributed by atoms with Crippen LogP contribution in [0.4, 0.5) is 0 Å². The van der Waals surface area contributed by atoms with Gasteiger partial charge in [0.25, 0.3) is 0 Å². The highest BCUT2D eigenvalue weighted by Crippen LogP contribution is 2.12. The molecule has 0 saturated carbocycles. The first kappa shape index (κ1) is 9.66. The summed E-state index contributed by atoms with van der Waals surface area (Å²) in [5.74, 6) is 6.17. The molecule has 4 heteroatoms. The third-order valence-corrected chi connectivity index (χ3v) is 1.78. The number of fused-ring (bicyclic) bond motifs is 1. The molecule has 2 rings (SSSR count). The number of hydrogen-bond acceptors (Lipinski definition) is 3. The topological polar surface area (TPSA) is 54.5 Å². The van der Waals surface area contributed by atoms with Gasteiger partial charge in [0, 0.05) is 5.41 Å². The number of aromatic amines is 1. The molecule has 0 unspecified atom stereocenters. The summed E-state index contributed by atoms with van der Waals surface area (Å²) in [4.78, 5) is 15.2. The van der Waals surface area contributed by atoms with Crippen LogP contribution >= 0.6 is 0 Å². The smallest absolute Gasteiger partial charge is 0.181 e. The third kappa shape index (κ3) is 2.13. The van der Waals surface area contributed by atoms with Crippen molar-refractivity contribution in [2.24, 2.45) is 5.41 Å². The van der Waals surface area contributed by atoms with Crippen molar-refractivity contribution >= 4 is 11.2 Å². The van der Waals surface area contributed by atoms with Crippen LogP contribution in [0.5, 0.6) is 0 Å². The van der Waals surface area contributed by atoms with Gasteiger partial charge in [-0.2, -0.15) is 0 Å². The van der Waals surface area contributed by atoms with Crippen molar-refractivity contribution in [1.29, 1.82) is 0 Å².